The molecule has 0 spiro atoms. The second kappa shape index (κ2) is 5.13. The van der Waals surface area contributed by atoms with Crippen molar-refractivity contribution in [3.05, 3.63) is 63.9 Å². The van der Waals surface area contributed by atoms with Gasteiger partial charge in [-0.05, 0) is 27.6 Å². The van der Waals surface area contributed by atoms with Crippen LogP contribution in [0.3, 0.4) is 0 Å². The van der Waals surface area contributed by atoms with Crippen molar-refractivity contribution >= 4 is 21.8 Å². The van der Waals surface area contributed by atoms with E-state index in [-0.39, 0.29) is 5.91 Å². The van der Waals surface area contributed by atoms with Crippen molar-refractivity contribution in [1.29, 1.82) is 0 Å². The molecule has 2 heterocycles. The van der Waals surface area contributed by atoms with Gasteiger partial charge in [0.25, 0.3) is 5.91 Å². The molecule has 0 fully saturated rings. The monoisotopic (exact) mass is 316 g/mol. The van der Waals surface area contributed by atoms with E-state index in [1.807, 2.05) is 41.3 Å². The zero-order chi connectivity index (χ0) is 13.2. The van der Waals surface area contributed by atoms with E-state index < -0.39 is 0 Å². The van der Waals surface area contributed by atoms with Crippen molar-refractivity contribution in [2.24, 2.45) is 0 Å². The Kier molecular flexibility index (Phi) is 3.34. The molecule has 19 heavy (non-hydrogen) atoms. The van der Waals surface area contributed by atoms with Gasteiger partial charge in [0.15, 0.2) is 0 Å². The third kappa shape index (κ3) is 2.54. The van der Waals surface area contributed by atoms with Gasteiger partial charge in [0.1, 0.15) is 0 Å². The summed E-state index contributed by atoms with van der Waals surface area (Å²) < 4.78 is 0.848. The van der Waals surface area contributed by atoms with Gasteiger partial charge >= 0.3 is 0 Å². The lowest BCUT2D eigenvalue weighted by Gasteiger charge is -2.28. The number of pyridine rings is 1. The molecule has 3 nitrogen and oxygen atoms in total. The SMILES string of the molecule is O=C1c2cc(Br)cnc2CCN1Cc1ccccc1. The molecule has 0 unspecified atom stereocenters. The van der Waals surface area contributed by atoms with E-state index in [0.29, 0.717) is 6.54 Å². The normalized spacial score (nSPS) is 14.4. The molecule has 0 atom stereocenters. The van der Waals surface area contributed by atoms with Gasteiger partial charge < -0.3 is 4.90 Å². The van der Waals surface area contributed by atoms with Crippen LogP contribution in [0.1, 0.15) is 21.6 Å². The molecule has 0 aliphatic carbocycles. The minimum atomic E-state index is 0.0684. The van der Waals surface area contributed by atoms with E-state index >= 15 is 0 Å². The van der Waals surface area contributed by atoms with Gasteiger partial charge in [-0.1, -0.05) is 30.3 Å². The van der Waals surface area contributed by atoms with Gasteiger partial charge in [-0.15, -0.1) is 0 Å². The first kappa shape index (κ1) is 12.4. The molecule has 0 N–H and O–H groups in total. The predicted molar refractivity (Wildman–Crippen MR) is 76.8 cm³/mol. The van der Waals surface area contributed by atoms with Crippen LogP contribution >= 0.6 is 15.9 Å². The number of halogens is 1. The van der Waals surface area contributed by atoms with Gasteiger partial charge in [0.05, 0.1) is 11.3 Å². The van der Waals surface area contributed by atoms with Crippen LogP contribution < -0.4 is 0 Å². The number of rotatable bonds is 2. The second-order valence-electron chi connectivity index (χ2n) is 4.61. The van der Waals surface area contributed by atoms with Crippen LogP contribution in [0, 0.1) is 0 Å². The van der Waals surface area contributed by atoms with Crippen molar-refractivity contribution in [3.8, 4) is 0 Å². The maximum absolute atomic E-state index is 12.4. The Morgan fingerprint density at radius 3 is 2.84 bits per heavy atom. The molecular weight excluding hydrogens is 304 g/mol. The van der Waals surface area contributed by atoms with Crippen molar-refractivity contribution in [2.45, 2.75) is 13.0 Å². The van der Waals surface area contributed by atoms with Crippen LogP contribution in [0.25, 0.3) is 0 Å². The highest BCUT2D eigenvalue weighted by Crippen LogP contribution is 2.22. The summed E-state index contributed by atoms with van der Waals surface area (Å²) in [5.41, 5.74) is 2.77. The van der Waals surface area contributed by atoms with Crippen LogP contribution in [0.5, 0.6) is 0 Å². The second-order valence-corrected chi connectivity index (χ2v) is 5.53. The molecule has 1 aromatic carbocycles. The van der Waals surface area contributed by atoms with Crippen LogP contribution in [0.4, 0.5) is 0 Å². The molecule has 1 aliphatic rings. The number of aromatic nitrogens is 1. The average Bonchev–Trinajstić information content (AvgIpc) is 2.44. The highest BCUT2D eigenvalue weighted by molar-refractivity contribution is 9.10. The molecule has 2 aromatic rings. The summed E-state index contributed by atoms with van der Waals surface area (Å²) in [6.45, 7) is 1.39. The number of hydrogen-bond acceptors (Lipinski definition) is 2. The largest absolute Gasteiger partial charge is 0.334 e. The minimum Gasteiger partial charge on any atom is -0.334 e. The third-order valence-electron chi connectivity index (χ3n) is 3.29. The number of amides is 1. The van der Waals surface area contributed by atoms with Gasteiger partial charge in [-0.2, -0.15) is 0 Å². The highest BCUT2D eigenvalue weighted by atomic mass is 79.9. The van der Waals surface area contributed by atoms with Crippen molar-refractivity contribution in [3.63, 3.8) is 0 Å². The quantitative estimate of drug-likeness (QED) is 0.853. The lowest BCUT2D eigenvalue weighted by atomic mass is 10.0. The van der Waals surface area contributed by atoms with Crippen molar-refractivity contribution in [2.75, 3.05) is 6.54 Å². The van der Waals surface area contributed by atoms with Gasteiger partial charge in [-0.3, -0.25) is 9.78 Å². The standard InChI is InChI=1S/C15H13BrN2O/c16-12-8-13-14(17-9-12)6-7-18(15(13)19)10-11-4-2-1-3-5-11/h1-5,8-9H,6-7,10H2. The summed E-state index contributed by atoms with van der Waals surface area (Å²) in [5.74, 6) is 0.0684. The summed E-state index contributed by atoms with van der Waals surface area (Å²) in [5, 5.41) is 0. The van der Waals surface area contributed by atoms with Crippen molar-refractivity contribution < 1.29 is 4.79 Å². The molecule has 0 bridgehead atoms. The number of fused-ring (bicyclic) bond motifs is 1. The molecule has 3 rings (SSSR count). The summed E-state index contributed by atoms with van der Waals surface area (Å²) in [4.78, 5) is 18.6. The van der Waals surface area contributed by atoms with E-state index in [9.17, 15) is 4.79 Å². The molecule has 1 aromatic heterocycles. The smallest absolute Gasteiger partial charge is 0.256 e. The molecule has 0 saturated heterocycles. The first-order chi connectivity index (χ1) is 9.24. The summed E-state index contributed by atoms with van der Waals surface area (Å²) in [6.07, 6.45) is 2.57. The Balaban J connectivity index is 1.85. The van der Waals surface area contributed by atoms with Gasteiger partial charge in [-0.25, -0.2) is 0 Å². The summed E-state index contributed by atoms with van der Waals surface area (Å²) in [6, 6.07) is 11.9. The van der Waals surface area contributed by atoms with Gasteiger partial charge in [0.2, 0.25) is 0 Å². The fourth-order valence-electron chi connectivity index (χ4n) is 2.32. The van der Waals surface area contributed by atoms with E-state index in [4.69, 9.17) is 0 Å². The third-order valence-corrected chi connectivity index (χ3v) is 3.72. The average molecular weight is 317 g/mol. The number of carbonyl (C=O) groups excluding carboxylic acids is 1. The van der Waals surface area contributed by atoms with E-state index in [1.165, 1.54) is 0 Å². The predicted octanol–water partition coefficient (Wildman–Crippen LogP) is 3.04. The summed E-state index contributed by atoms with van der Waals surface area (Å²) >= 11 is 3.37. The van der Waals surface area contributed by atoms with Crippen LogP contribution in [-0.2, 0) is 13.0 Å². The lowest BCUT2D eigenvalue weighted by molar-refractivity contribution is 0.0725. The van der Waals surface area contributed by atoms with Crippen LogP contribution in [0.15, 0.2) is 47.1 Å². The molecule has 4 heteroatoms. The maximum atomic E-state index is 12.4. The van der Waals surface area contributed by atoms with E-state index in [1.54, 1.807) is 6.20 Å². The maximum Gasteiger partial charge on any atom is 0.256 e. The van der Waals surface area contributed by atoms with Crippen LogP contribution in [-0.4, -0.2) is 22.3 Å². The molecule has 1 amide bonds. The number of hydrogen-bond donors (Lipinski definition) is 0. The first-order valence-corrected chi connectivity index (χ1v) is 7.01. The van der Waals surface area contributed by atoms with E-state index in [2.05, 4.69) is 20.9 Å². The zero-order valence-electron chi connectivity index (χ0n) is 10.3. The first-order valence-electron chi connectivity index (χ1n) is 6.21. The lowest BCUT2D eigenvalue weighted by Crippen LogP contribution is -2.37. The fraction of sp³-hybridized carbons (Fsp3) is 0.200. The van der Waals surface area contributed by atoms with E-state index in [0.717, 1.165) is 34.3 Å². The van der Waals surface area contributed by atoms with Gasteiger partial charge in [0, 0.05) is 30.2 Å². The molecule has 0 saturated carbocycles. The topological polar surface area (TPSA) is 33.2 Å². The number of benzene rings is 1. The number of nitrogens with zero attached hydrogens (tertiary/aromatic N) is 2. The Labute approximate surface area is 120 Å². The zero-order valence-corrected chi connectivity index (χ0v) is 11.9. The Bertz CT molecular complexity index is 613. The Hall–Kier alpha value is -1.68. The highest BCUT2D eigenvalue weighted by Gasteiger charge is 2.25. The number of carbonyl (C=O) groups is 1. The van der Waals surface area contributed by atoms with Crippen molar-refractivity contribution in [1.82, 2.24) is 9.88 Å². The summed E-state index contributed by atoms with van der Waals surface area (Å²) in [7, 11) is 0. The minimum absolute atomic E-state index is 0.0684. The molecule has 96 valence electrons. The Morgan fingerprint density at radius 2 is 2.05 bits per heavy atom. The fourth-order valence-corrected chi connectivity index (χ4v) is 2.65. The Morgan fingerprint density at radius 1 is 1.26 bits per heavy atom. The molecule has 0 radical (unpaired) electrons. The molecule has 1 aliphatic heterocycles. The molecular formula is C15H13BrN2O. The van der Waals surface area contributed by atoms with Crippen LogP contribution in [0.2, 0.25) is 0 Å².